The van der Waals surface area contributed by atoms with Gasteiger partial charge in [0.05, 0.1) is 33.3 Å². The van der Waals surface area contributed by atoms with Gasteiger partial charge in [0.1, 0.15) is 10.8 Å². The first kappa shape index (κ1) is 20.9. The van der Waals surface area contributed by atoms with Crippen LogP contribution in [-0.2, 0) is 17.4 Å². The van der Waals surface area contributed by atoms with Crippen molar-refractivity contribution in [3.05, 3.63) is 39.0 Å². The molecule has 3 aromatic rings. The van der Waals surface area contributed by atoms with E-state index in [0.29, 0.717) is 19.5 Å². The molecule has 1 saturated heterocycles. The molecule has 0 amide bonds. The molecular formula is C19H18F3N5OS2. The second-order valence-corrected chi connectivity index (χ2v) is 9.26. The van der Waals surface area contributed by atoms with Crippen molar-refractivity contribution in [3.8, 4) is 10.6 Å². The number of aromatic nitrogens is 4. The molecule has 0 saturated carbocycles. The first-order valence-corrected chi connectivity index (χ1v) is 11.0. The number of carbonyl (C=O) groups excluding carboxylic acids is 1. The maximum absolute atomic E-state index is 12.7. The van der Waals surface area contributed by atoms with Crippen LogP contribution in [0.1, 0.15) is 27.7 Å². The number of thiazole rings is 2. The first-order chi connectivity index (χ1) is 14.2. The third-order valence-electron chi connectivity index (χ3n) is 4.91. The summed E-state index contributed by atoms with van der Waals surface area (Å²) in [4.78, 5) is 32.2. The molecule has 0 spiro atoms. The van der Waals surface area contributed by atoms with Gasteiger partial charge < -0.3 is 4.90 Å². The van der Waals surface area contributed by atoms with E-state index in [0.717, 1.165) is 38.7 Å². The number of anilines is 1. The normalized spacial score (nSPS) is 17.0. The molecule has 1 aliphatic rings. The number of aryl methyl sites for hydroxylation is 2. The number of carbonyl (C=O) groups is 1. The van der Waals surface area contributed by atoms with Gasteiger partial charge in [0, 0.05) is 36.8 Å². The predicted octanol–water partition coefficient (Wildman–Crippen LogP) is 4.33. The van der Waals surface area contributed by atoms with E-state index in [-0.39, 0.29) is 24.1 Å². The van der Waals surface area contributed by atoms with Gasteiger partial charge in [0.25, 0.3) is 0 Å². The maximum atomic E-state index is 12.7. The number of hydrogen-bond acceptors (Lipinski definition) is 8. The molecule has 0 aromatic carbocycles. The summed E-state index contributed by atoms with van der Waals surface area (Å²) in [5, 5.41) is 3.67. The summed E-state index contributed by atoms with van der Waals surface area (Å²) in [7, 11) is 0. The quantitative estimate of drug-likeness (QED) is 0.573. The Morgan fingerprint density at radius 2 is 1.97 bits per heavy atom. The van der Waals surface area contributed by atoms with Gasteiger partial charge in [-0.3, -0.25) is 4.79 Å². The molecule has 0 radical (unpaired) electrons. The standard InChI is InChI=1S/C19H18F3N5OS2/c1-10-17(30-11(2)25-10)14-9-29-16(26-14)5-15(28)12-3-4-27(8-12)18-23-6-13(7-24-18)19(20,21)22/h6-7,9,12H,3-5,8H2,1-2H3/t12-/m0/s1. The van der Waals surface area contributed by atoms with Crippen molar-refractivity contribution in [1.82, 2.24) is 19.9 Å². The number of Topliss-reactive ketones (excluding diaryl/α,β-unsaturated/α-hetero) is 1. The number of ketones is 1. The van der Waals surface area contributed by atoms with Crippen LogP contribution in [0.4, 0.5) is 19.1 Å². The van der Waals surface area contributed by atoms with Gasteiger partial charge in [-0.15, -0.1) is 22.7 Å². The molecule has 30 heavy (non-hydrogen) atoms. The highest BCUT2D eigenvalue weighted by Crippen LogP contribution is 2.32. The lowest BCUT2D eigenvalue weighted by Gasteiger charge is -2.16. The highest BCUT2D eigenvalue weighted by molar-refractivity contribution is 7.16. The molecule has 0 bridgehead atoms. The Bertz CT molecular complexity index is 1060. The molecule has 158 valence electrons. The molecule has 1 fully saturated rings. The minimum absolute atomic E-state index is 0.0718. The SMILES string of the molecule is Cc1nc(C)c(-c2csc(CC(=O)[C@H]3CCN(c4ncc(C(F)(F)F)cn4)C3)n2)s1. The summed E-state index contributed by atoms with van der Waals surface area (Å²) in [6, 6.07) is 0. The molecule has 1 aliphatic heterocycles. The van der Waals surface area contributed by atoms with E-state index in [9.17, 15) is 18.0 Å². The fourth-order valence-corrected chi connectivity index (χ4v) is 5.14. The summed E-state index contributed by atoms with van der Waals surface area (Å²) in [5.41, 5.74) is 0.893. The highest BCUT2D eigenvalue weighted by Gasteiger charge is 2.33. The molecule has 11 heteroatoms. The van der Waals surface area contributed by atoms with Gasteiger partial charge in [0.15, 0.2) is 0 Å². The predicted molar refractivity (Wildman–Crippen MR) is 109 cm³/mol. The Balaban J connectivity index is 1.38. The smallest absolute Gasteiger partial charge is 0.340 e. The second kappa shape index (κ2) is 8.03. The zero-order valence-corrected chi connectivity index (χ0v) is 17.9. The van der Waals surface area contributed by atoms with Crippen molar-refractivity contribution >= 4 is 34.4 Å². The maximum Gasteiger partial charge on any atom is 0.419 e. The highest BCUT2D eigenvalue weighted by atomic mass is 32.1. The summed E-state index contributed by atoms with van der Waals surface area (Å²) in [6.07, 6.45) is -2.05. The zero-order chi connectivity index (χ0) is 21.5. The monoisotopic (exact) mass is 453 g/mol. The number of hydrogen-bond donors (Lipinski definition) is 0. The molecule has 4 rings (SSSR count). The van der Waals surface area contributed by atoms with E-state index in [1.807, 2.05) is 19.2 Å². The van der Waals surface area contributed by atoms with Crippen molar-refractivity contribution in [3.63, 3.8) is 0 Å². The van der Waals surface area contributed by atoms with Crippen LogP contribution in [0.3, 0.4) is 0 Å². The summed E-state index contributed by atoms with van der Waals surface area (Å²) < 4.78 is 38.0. The average molecular weight is 454 g/mol. The van der Waals surface area contributed by atoms with E-state index >= 15 is 0 Å². The van der Waals surface area contributed by atoms with Crippen LogP contribution in [0.5, 0.6) is 0 Å². The van der Waals surface area contributed by atoms with E-state index < -0.39 is 11.7 Å². The number of nitrogens with zero attached hydrogens (tertiary/aromatic N) is 5. The van der Waals surface area contributed by atoms with Gasteiger partial charge in [-0.05, 0) is 20.3 Å². The Hall–Kier alpha value is -2.40. The second-order valence-electron chi connectivity index (χ2n) is 7.12. The minimum Gasteiger partial charge on any atom is -0.340 e. The van der Waals surface area contributed by atoms with Crippen LogP contribution >= 0.6 is 22.7 Å². The Morgan fingerprint density at radius 3 is 2.60 bits per heavy atom. The largest absolute Gasteiger partial charge is 0.419 e. The topological polar surface area (TPSA) is 71.9 Å². The Morgan fingerprint density at radius 1 is 1.23 bits per heavy atom. The van der Waals surface area contributed by atoms with E-state index in [1.54, 1.807) is 16.2 Å². The van der Waals surface area contributed by atoms with Crippen molar-refractivity contribution in [1.29, 1.82) is 0 Å². The van der Waals surface area contributed by atoms with Crippen molar-refractivity contribution in [2.45, 2.75) is 32.9 Å². The summed E-state index contributed by atoms with van der Waals surface area (Å²) in [6.45, 7) is 4.82. The van der Waals surface area contributed by atoms with Gasteiger partial charge >= 0.3 is 6.18 Å². The molecular weight excluding hydrogens is 435 g/mol. The average Bonchev–Trinajstić information content (AvgIpc) is 3.41. The van der Waals surface area contributed by atoms with E-state index in [4.69, 9.17) is 0 Å². The van der Waals surface area contributed by atoms with Crippen LogP contribution in [0.2, 0.25) is 0 Å². The fraction of sp³-hybridized carbons (Fsp3) is 0.421. The van der Waals surface area contributed by atoms with Gasteiger partial charge in [-0.25, -0.2) is 19.9 Å². The molecule has 0 aliphatic carbocycles. The van der Waals surface area contributed by atoms with E-state index in [2.05, 4.69) is 19.9 Å². The number of alkyl halides is 3. The number of rotatable bonds is 5. The van der Waals surface area contributed by atoms with Crippen LogP contribution in [0.15, 0.2) is 17.8 Å². The van der Waals surface area contributed by atoms with Gasteiger partial charge in [0.2, 0.25) is 5.95 Å². The van der Waals surface area contributed by atoms with Crippen molar-refractivity contribution in [2.75, 3.05) is 18.0 Å². The fourth-order valence-electron chi connectivity index (χ4n) is 3.39. The lowest BCUT2D eigenvalue weighted by atomic mass is 10.0. The Kier molecular flexibility index (Phi) is 5.58. The Labute approximate surface area is 178 Å². The molecule has 4 heterocycles. The van der Waals surface area contributed by atoms with Crippen LogP contribution in [-0.4, -0.2) is 38.8 Å². The third-order valence-corrected chi connectivity index (χ3v) is 6.85. The summed E-state index contributed by atoms with van der Waals surface area (Å²) >= 11 is 3.04. The van der Waals surface area contributed by atoms with Crippen molar-refractivity contribution in [2.24, 2.45) is 5.92 Å². The van der Waals surface area contributed by atoms with Crippen LogP contribution in [0.25, 0.3) is 10.6 Å². The van der Waals surface area contributed by atoms with Crippen LogP contribution < -0.4 is 4.90 Å². The molecule has 6 nitrogen and oxygen atoms in total. The number of halogens is 3. The summed E-state index contributed by atoms with van der Waals surface area (Å²) in [5.74, 6) is 0.0732. The molecule has 1 atom stereocenters. The van der Waals surface area contributed by atoms with E-state index in [1.165, 1.54) is 11.3 Å². The van der Waals surface area contributed by atoms with Gasteiger partial charge in [-0.2, -0.15) is 13.2 Å². The molecule has 3 aromatic heterocycles. The first-order valence-electron chi connectivity index (χ1n) is 9.26. The lowest BCUT2D eigenvalue weighted by molar-refractivity contribution is -0.138. The molecule has 0 N–H and O–H groups in total. The lowest BCUT2D eigenvalue weighted by Crippen LogP contribution is -2.25. The van der Waals surface area contributed by atoms with Crippen molar-refractivity contribution < 1.29 is 18.0 Å². The van der Waals surface area contributed by atoms with Crippen LogP contribution in [0, 0.1) is 19.8 Å². The third kappa shape index (κ3) is 4.36. The zero-order valence-electron chi connectivity index (χ0n) is 16.2. The van der Waals surface area contributed by atoms with Gasteiger partial charge in [-0.1, -0.05) is 0 Å². The minimum atomic E-state index is -4.47. The molecule has 0 unspecified atom stereocenters.